The molecule has 0 amide bonds. The second-order valence-corrected chi connectivity index (χ2v) is 13.7. The molecule has 0 aliphatic heterocycles. The number of fused-ring (bicyclic) bond motifs is 4. The fourth-order valence-corrected chi connectivity index (χ4v) is 8.76. The van der Waals surface area contributed by atoms with Crippen LogP contribution in [0, 0.1) is 39.4 Å². The monoisotopic (exact) mass is 516 g/mol. The molecular formula is C30H44O7. The van der Waals surface area contributed by atoms with Crippen molar-refractivity contribution in [3.63, 3.8) is 0 Å². The first-order valence-corrected chi connectivity index (χ1v) is 13.7. The van der Waals surface area contributed by atoms with E-state index in [1.807, 2.05) is 34.6 Å². The Morgan fingerprint density at radius 1 is 1.05 bits per heavy atom. The van der Waals surface area contributed by atoms with Crippen LogP contribution in [0.3, 0.4) is 0 Å². The van der Waals surface area contributed by atoms with Gasteiger partial charge in [-0.15, -0.1) is 0 Å². The van der Waals surface area contributed by atoms with Gasteiger partial charge in [0.25, 0.3) is 0 Å². The first kappa shape index (κ1) is 28.2. The van der Waals surface area contributed by atoms with Gasteiger partial charge in [-0.25, -0.2) is 0 Å². The quantitative estimate of drug-likeness (QED) is 0.394. The van der Waals surface area contributed by atoms with Crippen molar-refractivity contribution in [3.8, 4) is 0 Å². The van der Waals surface area contributed by atoms with Gasteiger partial charge < -0.3 is 20.4 Å². The molecule has 0 bridgehead atoms. The van der Waals surface area contributed by atoms with Crippen LogP contribution >= 0.6 is 0 Å². The normalized spacial score (nSPS) is 42.3. The number of carboxylic acids is 1. The average molecular weight is 517 g/mol. The highest BCUT2D eigenvalue weighted by molar-refractivity contribution is 6.00. The number of carbonyl (C=O) groups excluding carboxylic acids is 2. The van der Waals surface area contributed by atoms with Gasteiger partial charge in [-0.3, -0.25) is 14.4 Å². The van der Waals surface area contributed by atoms with E-state index in [4.69, 9.17) is 0 Å². The van der Waals surface area contributed by atoms with E-state index in [1.54, 1.807) is 6.08 Å². The second-order valence-electron chi connectivity index (χ2n) is 13.7. The summed E-state index contributed by atoms with van der Waals surface area (Å²) >= 11 is 0. The maximum atomic E-state index is 14.1. The summed E-state index contributed by atoms with van der Waals surface area (Å²) in [6.07, 6.45) is 1.32. The minimum Gasteiger partial charge on any atom is -0.481 e. The molecule has 0 saturated heterocycles. The van der Waals surface area contributed by atoms with Crippen LogP contribution in [0.1, 0.15) is 87.0 Å². The number of rotatable bonds is 6. The summed E-state index contributed by atoms with van der Waals surface area (Å²) in [6, 6.07) is 0. The highest BCUT2D eigenvalue weighted by atomic mass is 16.4. The molecule has 7 nitrogen and oxygen atoms in total. The predicted molar refractivity (Wildman–Crippen MR) is 138 cm³/mol. The molecule has 0 spiro atoms. The Morgan fingerprint density at radius 2 is 1.68 bits per heavy atom. The number of allylic oxidation sites excluding steroid dienone is 2. The molecule has 37 heavy (non-hydrogen) atoms. The Kier molecular flexibility index (Phi) is 6.74. The molecule has 0 aromatic heterocycles. The lowest BCUT2D eigenvalue weighted by molar-refractivity contribution is -0.143. The maximum Gasteiger partial charge on any atom is 0.306 e. The van der Waals surface area contributed by atoms with Crippen LogP contribution in [0.5, 0.6) is 0 Å². The summed E-state index contributed by atoms with van der Waals surface area (Å²) in [6.45, 7) is 13.5. The van der Waals surface area contributed by atoms with Crippen molar-refractivity contribution < 1.29 is 34.8 Å². The van der Waals surface area contributed by atoms with E-state index in [0.29, 0.717) is 30.4 Å². The number of aliphatic hydroxyl groups is 3. The molecule has 1 saturated carbocycles. The molecule has 1 fully saturated rings. The summed E-state index contributed by atoms with van der Waals surface area (Å²) in [5, 5.41) is 43.1. The predicted octanol–water partition coefficient (Wildman–Crippen LogP) is 3.84. The Morgan fingerprint density at radius 3 is 2.27 bits per heavy atom. The molecule has 0 heterocycles. The van der Waals surface area contributed by atoms with Crippen LogP contribution in [0.4, 0.5) is 0 Å². The van der Waals surface area contributed by atoms with E-state index >= 15 is 0 Å². The number of aliphatic carboxylic acids is 1. The topological polar surface area (TPSA) is 132 Å². The first-order chi connectivity index (χ1) is 16.9. The van der Waals surface area contributed by atoms with Crippen LogP contribution < -0.4 is 0 Å². The molecule has 0 radical (unpaired) electrons. The van der Waals surface area contributed by atoms with Crippen molar-refractivity contribution >= 4 is 17.5 Å². The molecule has 0 aromatic rings. The van der Waals surface area contributed by atoms with E-state index in [9.17, 15) is 34.8 Å². The standard InChI is InChI=1S/C30H44O7/c1-15(10-17(31)11-16(2)26(36)37)18-12-23(35)30(7)25-19(32)13-21-27(3,4)22(34)8-9-28(21,5)24(25)20(33)14-29(18,30)6/h12,15-16,19,21-23,32,34-35H,8-11,13-14H2,1-7H3,(H,36,37)/t15-,16?,19?,21+,22?,23?,28+,29-,30+/m1/s1. The molecule has 4 aliphatic carbocycles. The SMILES string of the molecule is CC(CC(=O)C[C@@H](C)C1=CC(O)[C@@]2(C)C3=C(C(=O)C[C@]12C)[C@@]1(C)CCC(O)C(C)(C)[C@@H]1CC3O)C(=O)O. The van der Waals surface area contributed by atoms with Gasteiger partial charge in [-0.1, -0.05) is 60.1 Å². The van der Waals surface area contributed by atoms with Gasteiger partial charge in [0.05, 0.1) is 24.2 Å². The minimum atomic E-state index is -1.01. The summed E-state index contributed by atoms with van der Waals surface area (Å²) in [5.41, 5.74) is -0.557. The first-order valence-electron chi connectivity index (χ1n) is 13.7. The van der Waals surface area contributed by atoms with Gasteiger partial charge in [0.2, 0.25) is 0 Å². The van der Waals surface area contributed by atoms with E-state index in [1.165, 1.54) is 6.92 Å². The summed E-state index contributed by atoms with van der Waals surface area (Å²) in [4.78, 5) is 38.0. The van der Waals surface area contributed by atoms with Gasteiger partial charge in [-0.05, 0) is 47.5 Å². The summed E-state index contributed by atoms with van der Waals surface area (Å²) < 4.78 is 0. The molecule has 9 atom stereocenters. The number of Topliss-reactive ketones (excluding diaryl/α,β-unsaturated/α-hetero) is 2. The zero-order valence-corrected chi connectivity index (χ0v) is 23.3. The molecular weight excluding hydrogens is 472 g/mol. The zero-order valence-electron chi connectivity index (χ0n) is 23.3. The fourth-order valence-electron chi connectivity index (χ4n) is 8.76. The molecule has 4 rings (SSSR count). The number of ketones is 2. The van der Waals surface area contributed by atoms with Crippen LogP contribution in [0.15, 0.2) is 22.8 Å². The lowest BCUT2D eigenvalue weighted by Crippen LogP contribution is -2.61. The smallest absolute Gasteiger partial charge is 0.306 e. The van der Waals surface area contributed by atoms with Crippen molar-refractivity contribution in [3.05, 3.63) is 22.8 Å². The van der Waals surface area contributed by atoms with Crippen molar-refractivity contribution in [2.75, 3.05) is 0 Å². The third-order valence-corrected chi connectivity index (χ3v) is 11.2. The van der Waals surface area contributed by atoms with Crippen LogP contribution in [-0.2, 0) is 14.4 Å². The Bertz CT molecular complexity index is 1090. The van der Waals surface area contributed by atoms with E-state index < -0.39 is 51.9 Å². The van der Waals surface area contributed by atoms with Gasteiger partial charge in [0.15, 0.2) is 5.78 Å². The molecule has 206 valence electrons. The molecule has 4 aliphatic rings. The van der Waals surface area contributed by atoms with Crippen molar-refractivity contribution in [2.24, 2.45) is 39.4 Å². The Labute approximate surface area is 220 Å². The van der Waals surface area contributed by atoms with Crippen LogP contribution in [0.25, 0.3) is 0 Å². The van der Waals surface area contributed by atoms with Gasteiger partial charge in [-0.2, -0.15) is 0 Å². The van der Waals surface area contributed by atoms with Crippen LogP contribution in [-0.4, -0.2) is 56.3 Å². The number of hydrogen-bond donors (Lipinski definition) is 4. The molecule has 4 N–H and O–H groups in total. The van der Waals surface area contributed by atoms with E-state index in [2.05, 4.69) is 6.92 Å². The number of carbonyl (C=O) groups is 3. The average Bonchev–Trinajstić information content (AvgIpc) is 2.99. The largest absolute Gasteiger partial charge is 0.481 e. The van der Waals surface area contributed by atoms with Gasteiger partial charge >= 0.3 is 5.97 Å². The minimum absolute atomic E-state index is 0.0218. The number of carboxylic acid groups (broad SMARTS) is 1. The lowest BCUT2D eigenvalue weighted by atomic mass is 9.42. The fraction of sp³-hybridized carbons (Fsp3) is 0.767. The van der Waals surface area contributed by atoms with Gasteiger partial charge in [0, 0.05) is 35.7 Å². The third kappa shape index (κ3) is 3.82. The molecule has 4 unspecified atom stereocenters. The third-order valence-electron chi connectivity index (χ3n) is 11.2. The second kappa shape index (κ2) is 8.85. The number of aliphatic hydroxyl groups excluding tert-OH is 3. The van der Waals surface area contributed by atoms with E-state index in [-0.39, 0.29) is 42.7 Å². The highest BCUT2D eigenvalue weighted by Gasteiger charge is 2.67. The van der Waals surface area contributed by atoms with E-state index in [0.717, 1.165) is 5.57 Å². The Hall–Kier alpha value is -1.83. The lowest BCUT2D eigenvalue weighted by Gasteiger charge is -2.62. The van der Waals surface area contributed by atoms with Crippen molar-refractivity contribution in [2.45, 2.75) is 105 Å². The number of hydrogen-bond acceptors (Lipinski definition) is 6. The summed E-state index contributed by atoms with van der Waals surface area (Å²) in [7, 11) is 0. The summed E-state index contributed by atoms with van der Waals surface area (Å²) in [5.74, 6) is -2.31. The Balaban J connectivity index is 1.75. The van der Waals surface area contributed by atoms with Crippen LogP contribution in [0.2, 0.25) is 0 Å². The zero-order chi connectivity index (χ0) is 27.9. The van der Waals surface area contributed by atoms with Crippen molar-refractivity contribution in [1.82, 2.24) is 0 Å². The van der Waals surface area contributed by atoms with Crippen molar-refractivity contribution in [1.29, 1.82) is 0 Å². The molecule has 0 aromatic carbocycles. The van der Waals surface area contributed by atoms with Gasteiger partial charge in [0.1, 0.15) is 5.78 Å². The highest BCUT2D eigenvalue weighted by Crippen LogP contribution is 2.70. The maximum absolute atomic E-state index is 14.1. The molecule has 7 heteroatoms.